The second-order valence-corrected chi connectivity index (χ2v) is 11.5. The van der Waals surface area contributed by atoms with Gasteiger partial charge in [-0.05, 0) is 75.4 Å². The maximum atomic E-state index is 13.5. The first kappa shape index (κ1) is 27.5. The van der Waals surface area contributed by atoms with Crippen molar-refractivity contribution in [3.63, 3.8) is 0 Å². The molecule has 3 aliphatic heterocycles. The highest BCUT2D eigenvalue weighted by Crippen LogP contribution is 2.43. The summed E-state index contributed by atoms with van der Waals surface area (Å²) in [6, 6.07) is 18.5. The molecule has 5 rings (SSSR count). The van der Waals surface area contributed by atoms with Gasteiger partial charge in [0.05, 0.1) is 18.6 Å². The second-order valence-electron chi connectivity index (χ2n) is 11.5. The fourth-order valence-electron chi connectivity index (χ4n) is 6.44. The third kappa shape index (κ3) is 6.39. The molecule has 0 aromatic heterocycles. The van der Waals surface area contributed by atoms with E-state index in [1.54, 1.807) is 12.2 Å². The van der Waals surface area contributed by atoms with Gasteiger partial charge in [0.15, 0.2) is 0 Å². The number of likely N-dealkylation sites (tertiary alicyclic amines) is 2. The molecule has 0 aliphatic carbocycles. The van der Waals surface area contributed by atoms with Gasteiger partial charge in [0.1, 0.15) is 5.75 Å². The topological polar surface area (TPSA) is 71.6 Å². The number of methoxy groups -OCH3 is 1. The predicted molar refractivity (Wildman–Crippen MR) is 148 cm³/mol. The molecule has 3 aliphatic rings. The molecule has 2 aromatic carbocycles. The Balaban J connectivity index is 1.18. The number of hydrogen-bond acceptors (Lipinski definition) is 7. The molecule has 0 radical (unpaired) electrons. The molecule has 2 atom stereocenters. The number of amides is 1. The van der Waals surface area contributed by atoms with Crippen molar-refractivity contribution in [2.45, 2.75) is 51.7 Å². The quantitative estimate of drug-likeness (QED) is 0.454. The van der Waals surface area contributed by atoms with E-state index in [1.807, 2.05) is 49.1 Å². The predicted octanol–water partition coefficient (Wildman–Crippen LogP) is 4.70. The lowest BCUT2D eigenvalue weighted by molar-refractivity contribution is -0.139. The summed E-state index contributed by atoms with van der Waals surface area (Å²) in [5, 5.41) is 1.76. The summed E-state index contributed by atoms with van der Waals surface area (Å²) in [6.45, 7) is 9.17. The highest BCUT2D eigenvalue weighted by Gasteiger charge is 2.48. The molecule has 210 valence electrons. The molecule has 0 saturated carbocycles. The van der Waals surface area contributed by atoms with Crippen molar-refractivity contribution in [1.29, 1.82) is 0 Å². The SMILES string of the molecule is COc1ccc(CN2CCC3(CCN(C[C@H]4CN(OC(=O)OC(C)C)C[C@@H]4c4ccccc4)CC3)C2=O)cc1. The van der Waals surface area contributed by atoms with Crippen LogP contribution < -0.4 is 4.74 Å². The van der Waals surface area contributed by atoms with Gasteiger partial charge in [-0.3, -0.25) is 4.79 Å². The van der Waals surface area contributed by atoms with E-state index in [-0.39, 0.29) is 17.4 Å². The fourth-order valence-corrected chi connectivity index (χ4v) is 6.44. The minimum absolute atomic E-state index is 0.216. The Bertz CT molecular complexity index is 1110. The Labute approximate surface area is 231 Å². The van der Waals surface area contributed by atoms with Crippen molar-refractivity contribution in [1.82, 2.24) is 14.9 Å². The van der Waals surface area contributed by atoms with E-state index >= 15 is 0 Å². The molecule has 8 heteroatoms. The number of nitrogens with zero attached hydrogens (tertiary/aromatic N) is 3. The number of hydrogen-bond donors (Lipinski definition) is 0. The van der Waals surface area contributed by atoms with Crippen LogP contribution in [0.25, 0.3) is 0 Å². The first-order valence-corrected chi connectivity index (χ1v) is 14.2. The van der Waals surface area contributed by atoms with Gasteiger partial charge >= 0.3 is 6.16 Å². The van der Waals surface area contributed by atoms with Crippen LogP contribution in [0.4, 0.5) is 4.79 Å². The van der Waals surface area contributed by atoms with Crippen molar-refractivity contribution < 1.29 is 23.9 Å². The van der Waals surface area contributed by atoms with E-state index in [2.05, 4.69) is 29.2 Å². The molecule has 0 N–H and O–H groups in total. The summed E-state index contributed by atoms with van der Waals surface area (Å²) < 4.78 is 10.5. The second kappa shape index (κ2) is 12.0. The van der Waals surface area contributed by atoms with E-state index in [9.17, 15) is 9.59 Å². The summed E-state index contributed by atoms with van der Waals surface area (Å²) in [5.74, 6) is 1.72. The van der Waals surface area contributed by atoms with E-state index in [0.29, 0.717) is 31.5 Å². The normalized spacial score (nSPS) is 23.5. The van der Waals surface area contributed by atoms with Crippen molar-refractivity contribution >= 4 is 12.1 Å². The number of ether oxygens (including phenoxy) is 2. The van der Waals surface area contributed by atoms with Crippen LogP contribution in [0.1, 0.15) is 50.2 Å². The highest BCUT2D eigenvalue weighted by molar-refractivity contribution is 5.85. The molecule has 3 fully saturated rings. The van der Waals surface area contributed by atoms with Crippen LogP contribution in [0.15, 0.2) is 54.6 Å². The smallest absolute Gasteiger partial charge is 0.497 e. The molecule has 3 saturated heterocycles. The summed E-state index contributed by atoms with van der Waals surface area (Å²) >= 11 is 0. The molecule has 1 spiro atoms. The zero-order valence-corrected chi connectivity index (χ0v) is 23.4. The number of hydroxylamine groups is 2. The monoisotopic (exact) mass is 535 g/mol. The molecule has 0 bridgehead atoms. The Morgan fingerprint density at radius 1 is 0.974 bits per heavy atom. The van der Waals surface area contributed by atoms with Crippen molar-refractivity contribution in [2.24, 2.45) is 11.3 Å². The molecule has 2 aromatic rings. The standard InChI is InChI=1S/C31H41N3O5/c1-23(2)38-30(36)39-34-21-26(28(22-34)25-7-5-4-6-8-25)20-32-16-13-31(14-17-32)15-18-33(29(31)35)19-24-9-11-27(37-3)12-10-24/h4-12,23,26,28H,13-22H2,1-3H3/t26-,28+/m0/s1. The minimum atomic E-state index is -0.642. The van der Waals surface area contributed by atoms with E-state index in [4.69, 9.17) is 14.3 Å². The number of benzene rings is 2. The van der Waals surface area contributed by atoms with Gasteiger partial charge in [0.25, 0.3) is 0 Å². The van der Waals surface area contributed by atoms with Gasteiger partial charge in [0.2, 0.25) is 5.91 Å². The summed E-state index contributed by atoms with van der Waals surface area (Å²) in [5.41, 5.74) is 2.17. The molecule has 8 nitrogen and oxygen atoms in total. The lowest BCUT2D eigenvalue weighted by Gasteiger charge is -2.39. The van der Waals surface area contributed by atoms with Crippen molar-refractivity contribution in [3.8, 4) is 5.75 Å². The van der Waals surface area contributed by atoms with E-state index in [1.165, 1.54) is 5.56 Å². The highest BCUT2D eigenvalue weighted by atomic mass is 16.8. The lowest BCUT2D eigenvalue weighted by Crippen LogP contribution is -2.46. The van der Waals surface area contributed by atoms with Gasteiger partial charge in [0, 0.05) is 38.6 Å². The first-order valence-electron chi connectivity index (χ1n) is 14.2. The van der Waals surface area contributed by atoms with Crippen molar-refractivity contribution in [2.75, 3.05) is 46.4 Å². The molecular weight excluding hydrogens is 494 g/mol. The van der Waals surface area contributed by atoms with Gasteiger partial charge < -0.3 is 24.1 Å². The third-order valence-electron chi connectivity index (χ3n) is 8.61. The number of carbonyl (C=O) groups excluding carboxylic acids is 2. The van der Waals surface area contributed by atoms with E-state index in [0.717, 1.165) is 56.8 Å². The van der Waals surface area contributed by atoms with Crippen LogP contribution in [0, 0.1) is 11.3 Å². The van der Waals surface area contributed by atoms with E-state index < -0.39 is 6.16 Å². The van der Waals surface area contributed by atoms with Gasteiger partial charge in [-0.2, -0.15) is 0 Å². The summed E-state index contributed by atoms with van der Waals surface area (Å²) in [4.78, 5) is 35.8. The maximum Gasteiger partial charge on any atom is 0.528 e. The Morgan fingerprint density at radius 3 is 2.33 bits per heavy atom. The summed E-state index contributed by atoms with van der Waals surface area (Å²) in [7, 11) is 1.66. The minimum Gasteiger partial charge on any atom is -0.497 e. The number of carbonyl (C=O) groups is 2. The number of piperidine rings is 1. The Kier molecular flexibility index (Phi) is 8.43. The molecule has 3 heterocycles. The van der Waals surface area contributed by atoms with Crippen LogP contribution in [-0.4, -0.2) is 79.4 Å². The zero-order valence-electron chi connectivity index (χ0n) is 23.4. The largest absolute Gasteiger partial charge is 0.528 e. The third-order valence-corrected chi connectivity index (χ3v) is 8.61. The van der Waals surface area contributed by atoms with Crippen LogP contribution in [0.5, 0.6) is 5.75 Å². The Morgan fingerprint density at radius 2 is 1.67 bits per heavy atom. The molecule has 39 heavy (non-hydrogen) atoms. The van der Waals surface area contributed by atoms with Crippen molar-refractivity contribution in [3.05, 3.63) is 65.7 Å². The summed E-state index contributed by atoms with van der Waals surface area (Å²) in [6.07, 6.45) is 1.87. The first-order chi connectivity index (χ1) is 18.8. The van der Waals surface area contributed by atoms with Gasteiger partial charge in [-0.25, -0.2) is 4.79 Å². The maximum absolute atomic E-state index is 13.5. The number of rotatable bonds is 8. The van der Waals surface area contributed by atoms with Crippen LogP contribution in [0.2, 0.25) is 0 Å². The lowest BCUT2D eigenvalue weighted by atomic mass is 9.76. The zero-order chi connectivity index (χ0) is 27.4. The fraction of sp³-hybridized carbons (Fsp3) is 0.548. The van der Waals surface area contributed by atoms with Crippen LogP contribution >= 0.6 is 0 Å². The Hall–Kier alpha value is -3.10. The van der Waals surface area contributed by atoms with Gasteiger partial charge in [-0.15, -0.1) is 5.06 Å². The molecule has 0 unspecified atom stereocenters. The average molecular weight is 536 g/mol. The average Bonchev–Trinajstić information content (AvgIpc) is 3.46. The van der Waals surface area contributed by atoms with Gasteiger partial charge in [-0.1, -0.05) is 42.5 Å². The van der Waals surface area contributed by atoms with Crippen LogP contribution in [0.3, 0.4) is 0 Å². The molecule has 1 amide bonds. The van der Waals surface area contributed by atoms with Crippen LogP contribution in [-0.2, 0) is 20.9 Å². The molecular formula is C31H41N3O5.